The van der Waals surface area contributed by atoms with Gasteiger partial charge in [0, 0.05) is 29.0 Å². The highest BCUT2D eigenvalue weighted by Gasteiger charge is 2.12. The molecule has 0 saturated carbocycles. The zero-order valence-electron chi connectivity index (χ0n) is 14.0. The number of hydrogen-bond donors (Lipinski definition) is 0. The monoisotopic (exact) mass is 437 g/mol. The molecule has 0 aliphatic rings. The van der Waals surface area contributed by atoms with Crippen LogP contribution >= 0.6 is 0 Å². The van der Waals surface area contributed by atoms with Crippen LogP contribution in [0.3, 0.4) is 0 Å². The Labute approximate surface area is 166 Å². The van der Waals surface area contributed by atoms with E-state index in [0.717, 1.165) is 13.0 Å². The Morgan fingerprint density at radius 1 is 0.600 bits per heavy atom. The number of pyridine rings is 1. The molecule has 3 aromatic carbocycles. The molecular formula is C23H20IN. The molecule has 4 aromatic rings. The van der Waals surface area contributed by atoms with Crippen LogP contribution in [-0.4, -0.2) is 0 Å². The largest absolute Gasteiger partial charge is 1.00 e. The normalized spacial score (nSPS) is 10.4. The lowest BCUT2D eigenvalue weighted by Crippen LogP contribution is -3.00. The molecular weight excluding hydrogens is 417 g/mol. The first-order valence-corrected chi connectivity index (χ1v) is 8.37. The van der Waals surface area contributed by atoms with Gasteiger partial charge in [0.1, 0.15) is 0 Å². The van der Waals surface area contributed by atoms with Gasteiger partial charge in [0.25, 0.3) is 0 Å². The third-order valence-electron chi connectivity index (χ3n) is 4.36. The van der Waals surface area contributed by atoms with E-state index in [1.54, 1.807) is 0 Å². The van der Waals surface area contributed by atoms with Crippen molar-refractivity contribution in [3.8, 4) is 0 Å². The number of fused-ring (bicyclic) bond motifs is 1. The topological polar surface area (TPSA) is 3.88 Å². The lowest BCUT2D eigenvalue weighted by atomic mass is 10.0. The van der Waals surface area contributed by atoms with Crippen LogP contribution in [0.25, 0.3) is 10.9 Å². The summed E-state index contributed by atoms with van der Waals surface area (Å²) in [6, 6.07) is 32.2. The molecule has 0 aliphatic heterocycles. The van der Waals surface area contributed by atoms with Crippen LogP contribution in [0.5, 0.6) is 0 Å². The summed E-state index contributed by atoms with van der Waals surface area (Å²) < 4.78 is 2.36. The van der Waals surface area contributed by atoms with E-state index < -0.39 is 0 Å². The van der Waals surface area contributed by atoms with Crippen molar-refractivity contribution in [3.63, 3.8) is 0 Å². The molecule has 0 fully saturated rings. The van der Waals surface area contributed by atoms with E-state index in [9.17, 15) is 0 Å². The minimum absolute atomic E-state index is 0. The second-order valence-electron chi connectivity index (χ2n) is 6.18. The summed E-state index contributed by atoms with van der Waals surface area (Å²) in [4.78, 5) is 0. The highest BCUT2D eigenvalue weighted by atomic mass is 127. The lowest BCUT2D eigenvalue weighted by Gasteiger charge is -2.06. The van der Waals surface area contributed by atoms with Gasteiger partial charge in [0.15, 0.2) is 12.7 Å². The summed E-state index contributed by atoms with van der Waals surface area (Å²) in [7, 11) is 0. The Kier molecular flexibility index (Phi) is 5.82. The molecule has 4 rings (SSSR count). The van der Waals surface area contributed by atoms with Crippen molar-refractivity contribution in [3.05, 3.63) is 114 Å². The van der Waals surface area contributed by atoms with Crippen molar-refractivity contribution < 1.29 is 28.5 Å². The van der Waals surface area contributed by atoms with E-state index in [1.165, 1.54) is 27.6 Å². The lowest BCUT2D eigenvalue weighted by molar-refractivity contribution is -0.662. The molecule has 2 heteroatoms. The maximum absolute atomic E-state index is 2.36. The Morgan fingerprint density at radius 3 is 1.92 bits per heavy atom. The Morgan fingerprint density at radius 2 is 1.20 bits per heavy atom. The van der Waals surface area contributed by atoms with Gasteiger partial charge in [-0.3, -0.25) is 0 Å². The fourth-order valence-corrected chi connectivity index (χ4v) is 3.22. The van der Waals surface area contributed by atoms with E-state index >= 15 is 0 Å². The summed E-state index contributed by atoms with van der Waals surface area (Å²) >= 11 is 0. The van der Waals surface area contributed by atoms with Crippen molar-refractivity contribution >= 4 is 10.9 Å². The predicted octanol–water partition coefficient (Wildman–Crippen LogP) is 1.77. The average Bonchev–Trinajstić information content (AvgIpc) is 2.63. The van der Waals surface area contributed by atoms with E-state index in [4.69, 9.17) is 0 Å². The quantitative estimate of drug-likeness (QED) is 0.339. The molecule has 0 radical (unpaired) electrons. The Hall–Kier alpha value is -2.20. The Balaban J connectivity index is 0.00000182. The summed E-state index contributed by atoms with van der Waals surface area (Å²) in [5.41, 5.74) is 5.29. The zero-order valence-corrected chi connectivity index (χ0v) is 16.1. The minimum Gasteiger partial charge on any atom is -1.00 e. The van der Waals surface area contributed by atoms with Gasteiger partial charge in [0.2, 0.25) is 5.52 Å². The molecule has 0 amide bonds. The van der Waals surface area contributed by atoms with E-state index in [1.807, 2.05) is 0 Å². The maximum atomic E-state index is 2.36. The molecule has 0 atom stereocenters. The fourth-order valence-electron chi connectivity index (χ4n) is 3.22. The first-order valence-electron chi connectivity index (χ1n) is 8.37. The number of para-hydroxylation sites is 1. The van der Waals surface area contributed by atoms with Crippen LogP contribution in [0, 0.1) is 0 Å². The van der Waals surface area contributed by atoms with Gasteiger partial charge in [0.05, 0.1) is 0 Å². The van der Waals surface area contributed by atoms with Crippen molar-refractivity contribution in [1.82, 2.24) is 0 Å². The number of nitrogens with zero attached hydrogens (tertiary/aromatic N) is 1. The molecule has 0 aliphatic carbocycles. The van der Waals surface area contributed by atoms with Crippen LogP contribution < -0.4 is 28.5 Å². The van der Waals surface area contributed by atoms with Gasteiger partial charge < -0.3 is 24.0 Å². The van der Waals surface area contributed by atoms with E-state index in [0.29, 0.717) is 0 Å². The number of halogens is 1. The van der Waals surface area contributed by atoms with E-state index in [-0.39, 0.29) is 24.0 Å². The number of hydrogen-bond acceptors (Lipinski definition) is 0. The number of rotatable bonds is 4. The summed E-state index contributed by atoms with van der Waals surface area (Å²) in [5.74, 6) is 0. The van der Waals surface area contributed by atoms with Gasteiger partial charge in [-0.2, -0.15) is 4.57 Å². The van der Waals surface area contributed by atoms with E-state index in [2.05, 4.69) is 102 Å². The van der Waals surface area contributed by atoms with Gasteiger partial charge >= 0.3 is 0 Å². The third-order valence-corrected chi connectivity index (χ3v) is 4.36. The SMILES string of the molecule is [I-].c1ccc(Cc2cc3ccccc3[n+](Cc3ccccc3)c2)cc1. The van der Waals surface area contributed by atoms with Crippen LogP contribution in [0.2, 0.25) is 0 Å². The molecule has 0 bridgehead atoms. The van der Waals surface area contributed by atoms with Gasteiger partial charge in [-0.25, -0.2) is 0 Å². The standard InChI is InChI=1S/C23H20N.HI/c1-3-9-19(10-4-1)15-21-16-22-13-7-8-14-23(22)24(18-21)17-20-11-5-2-6-12-20;/h1-14,16,18H,15,17H2;1H/q+1;/p-1. The van der Waals surface area contributed by atoms with Gasteiger partial charge in [-0.15, -0.1) is 0 Å². The number of aromatic nitrogens is 1. The highest BCUT2D eigenvalue weighted by Crippen LogP contribution is 2.15. The van der Waals surface area contributed by atoms with Crippen molar-refractivity contribution in [2.75, 3.05) is 0 Å². The summed E-state index contributed by atoms with van der Waals surface area (Å²) in [5, 5.41) is 1.29. The predicted molar refractivity (Wildman–Crippen MR) is 98.9 cm³/mol. The zero-order chi connectivity index (χ0) is 16.2. The first kappa shape index (κ1) is 17.6. The summed E-state index contributed by atoms with van der Waals surface area (Å²) in [6.07, 6.45) is 3.25. The molecule has 1 heterocycles. The molecule has 0 unspecified atom stereocenters. The second-order valence-corrected chi connectivity index (χ2v) is 6.18. The molecule has 0 saturated heterocycles. The van der Waals surface area contributed by atoms with Crippen LogP contribution in [0.15, 0.2) is 97.2 Å². The average molecular weight is 437 g/mol. The molecule has 1 aromatic heterocycles. The molecule has 25 heavy (non-hydrogen) atoms. The fraction of sp³-hybridized carbons (Fsp3) is 0.0870. The molecule has 124 valence electrons. The minimum atomic E-state index is 0. The first-order chi connectivity index (χ1) is 11.9. The van der Waals surface area contributed by atoms with Crippen molar-refractivity contribution in [2.24, 2.45) is 0 Å². The van der Waals surface area contributed by atoms with Crippen LogP contribution in [0.1, 0.15) is 16.7 Å². The molecule has 0 N–H and O–H groups in total. The highest BCUT2D eigenvalue weighted by molar-refractivity contribution is 5.76. The van der Waals surface area contributed by atoms with Crippen molar-refractivity contribution in [2.45, 2.75) is 13.0 Å². The number of benzene rings is 3. The van der Waals surface area contributed by atoms with Crippen LogP contribution in [-0.2, 0) is 13.0 Å². The third kappa shape index (κ3) is 4.26. The maximum Gasteiger partial charge on any atom is 0.212 e. The van der Waals surface area contributed by atoms with Gasteiger partial charge in [-0.05, 0) is 17.7 Å². The Bertz CT molecular complexity index is 949. The van der Waals surface area contributed by atoms with Gasteiger partial charge in [-0.1, -0.05) is 72.8 Å². The molecule has 0 spiro atoms. The molecule has 1 nitrogen and oxygen atoms in total. The smallest absolute Gasteiger partial charge is 0.212 e. The van der Waals surface area contributed by atoms with Crippen molar-refractivity contribution in [1.29, 1.82) is 0 Å². The summed E-state index contributed by atoms with van der Waals surface area (Å²) in [6.45, 7) is 0.893. The van der Waals surface area contributed by atoms with Crippen LogP contribution in [0.4, 0.5) is 0 Å². The second kappa shape index (κ2) is 8.26.